The van der Waals surface area contributed by atoms with Crippen LogP contribution < -0.4 is 0 Å². The van der Waals surface area contributed by atoms with E-state index in [2.05, 4.69) is 0 Å². The number of ketones is 1. The minimum Gasteiger partial charge on any atom is -0.388 e. The molecule has 0 saturated heterocycles. The van der Waals surface area contributed by atoms with E-state index >= 15 is 0 Å². The van der Waals surface area contributed by atoms with E-state index in [1.54, 1.807) is 13.8 Å². The molecule has 0 fully saturated rings. The fourth-order valence-corrected chi connectivity index (χ4v) is 1.49. The summed E-state index contributed by atoms with van der Waals surface area (Å²) in [6, 6.07) is -0.577. The molecule has 5 nitrogen and oxygen atoms in total. The van der Waals surface area contributed by atoms with Crippen molar-refractivity contribution in [2.75, 3.05) is 6.54 Å². The molecule has 0 saturated carbocycles. The van der Waals surface area contributed by atoms with Gasteiger partial charge in [-0.05, 0) is 20.8 Å². The summed E-state index contributed by atoms with van der Waals surface area (Å²) >= 11 is 0. The number of amides is 1. The third kappa shape index (κ3) is 3.60. The largest absolute Gasteiger partial charge is 0.388 e. The molecule has 0 aliphatic carbocycles. The number of hydrogen-bond acceptors (Lipinski definition) is 4. The summed E-state index contributed by atoms with van der Waals surface area (Å²) in [6.07, 6.45) is -2.68. The molecule has 15 heavy (non-hydrogen) atoms. The van der Waals surface area contributed by atoms with Crippen LogP contribution in [0.2, 0.25) is 0 Å². The molecule has 2 N–H and O–H groups in total. The standard InChI is InChI=1S/C10H19NO4/c1-5-11(8(4)13)6(2)9(14)10(15)7(3)12/h6,9-10,14-15H,5H2,1-4H3/t6-,9?,10?/m0/s1. The van der Waals surface area contributed by atoms with Gasteiger partial charge in [-0.15, -0.1) is 0 Å². The predicted molar refractivity (Wildman–Crippen MR) is 55.2 cm³/mol. The van der Waals surface area contributed by atoms with Crippen molar-refractivity contribution >= 4 is 11.7 Å². The van der Waals surface area contributed by atoms with Crippen molar-refractivity contribution in [3.8, 4) is 0 Å². The van der Waals surface area contributed by atoms with E-state index in [1.807, 2.05) is 0 Å². The summed E-state index contributed by atoms with van der Waals surface area (Å²) in [5, 5.41) is 19.0. The van der Waals surface area contributed by atoms with Crippen LogP contribution in [0.3, 0.4) is 0 Å². The summed E-state index contributed by atoms with van der Waals surface area (Å²) in [5.41, 5.74) is 0. The zero-order valence-electron chi connectivity index (χ0n) is 9.60. The highest BCUT2D eigenvalue weighted by atomic mass is 16.3. The quantitative estimate of drug-likeness (QED) is 0.654. The van der Waals surface area contributed by atoms with E-state index in [0.29, 0.717) is 6.54 Å². The van der Waals surface area contributed by atoms with Gasteiger partial charge in [0.25, 0.3) is 0 Å². The molecule has 0 rings (SSSR count). The Morgan fingerprint density at radius 3 is 2.00 bits per heavy atom. The van der Waals surface area contributed by atoms with E-state index in [0.717, 1.165) is 0 Å². The van der Waals surface area contributed by atoms with Crippen molar-refractivity contribution in [1.82, 2.24) is 4.90 Å². The van der Waals surface area contributed by atoms with Gasteiger partial charge in [-0.2, -0.15) is 0 Å². The molecule has 0 spiro atoms. The first-order chi connectivity index (χ1) is 6.82. The van der Waals surface area contributed by atoms with E-state index in [4.69, 9.17) is 0 Å². The number of nitrogens with zero attached hydrogens (tertiary/aromatic N) is 1. The van der Waals surface area contributed by atoms with Gasteiger partial charge in [0, 0.05) is 13.5 Å². The van der Waals surface area contributed by atoms with Crippen LogP contribution in [0.15, 0.2) is 0 Å². The molecule has 3 atom stereocenters. The lowest BCUT2D eigenvalue weighted by atomic mass is 10.0. The third-order valence-electron chi connectivity index (χ3n) is 2.47. The number of rotatable bonds is 5. The average Bonchev–Trinajstić information content (AvgIpc) is 2.15. The molecular formula is C10H19NO4. The van der Waals surface area contributed by atoms with Gasteiger partial charge in [0.1, 0.15) is 12.2 Å². The fraction of sp³-hybridized carbons (Fsp3) is 0.800. The molecule has 88 valence electrons. The van der Waals surface area contributed by atoms with Crippen molar-refractivity contribution in [1.29, 1.82) is 0 Å². The van der Waals surface area contributed by atoms with Crippen LogP contribution in [0.1, 0.15) is 27.7 Å². The third-order valence-corrected chi connectivity index (χ3v) is 2.47. The van der Waals surface area contributed by atoms with Crippen LogP contribution >= 0.6 is 0 Å². The highest BCUT2D eigenvalue weighted by Crippen LogP contribution is 2.09. The maximum Gasteiger partial charge on any atom is 0.219 e. The zero-order valence-corrected chi connectivity index (χ0v) is 9.60. The lowest BCUT2D eigenvalue weighted by Crippen LogP contribution is -2.50. The Bertz CT molecular complexity index is 242. The lowest BCUT2D eigenvalue weighted by Gasteiger charge is -2.32. The van der Waals surface area contributed by atoms with Crippen LogP contribution in [0.5, 0.6) is 0 Å². The Labute approximate surface area is 89.7 Å². The Morgan fingerprint density at radius 2 is 1.73 bits per heavy atom. The maximum atomic E-state index is 11.2. The molecule has 0 heterocycles. The summed E-state index contributed by atoms with van der Waals surface area (Å²) in [4.78, 5) is 23.4. The molecule has 1 amide bonds. The summed E-state index contributed by atoms with van der Waals surface area (Å²) in [6.45, 7) is 6.38. The van der Waals surface area contributed by atoms with Gasteiger partial charge in [0.15, 0.2) is 5.78 Å². The first-order valence-corrected chi connectivity index (χ1v) is 4.96. The van der Waals surface area contributed by atoms with Crippen LogP contribution in [0, 0.1) is 0 Å². The smallest absolute Gasteiger partial charge is 0.219 e. The van der Waals surface area contributed by atoms with Crippen molar-refractivity contribution < 1.29 is 19.8 Å². The number of likely N-dealkylation sites (N-methyl/N-ethyl adjacent to an activating group) is 1. The highest BCUT2D eigenvalue weighted by molar-refractivity contribution is 5.81. The van der Waals surface area contributed by atoms with Gasteiger partial charge in [-0.25, -0.2) is 0 Å². The second-order valence-corrected chi connectivity index (χ2v) is 3.59. The predicted octanol–water partition coefficient (Wildman–Crippen LogP) is -0.446. The molecule has 2 unspecified atom stereocenters. The van der Waals surface area contributed by atoms with Crippen LogP contribution in [-0.2, 0) is 9.59 Å². The first-order valence-electron chi connectivity index (χ1n) is 4.96. The number of Topliss-reactive ketones (excluding diaryl/α,β-unsaturated/α-hetero) is 1. The monoisotopic (exact) mass is 217 g/mol. The van der Waals surface area contributed by atoms with Crippen LogP contribution in [-0.4, -0.2) is 51.6 Å². The minimum absolute atomic E-state index is 0.195. The number of aliphatic hydroxyl groups excluding tert-OH is 2. The summed E-state index contributed by atoms with van der Waals surface area (Å²) in [5.74, 6) is -0.700. The van der Waals surface area contributed by atoms with E-state index in [1.165, 1.54) is 18.7 Å². The van der Waals surface area contributed by atoms with Crippen molar-refractivity contribution in [2.24, 2.45) is 0 Å². The molecular weight excluding hydrogens is 198 g/mol. The Hall–Kier alpha value is -0.940. The molecule has 0 aromatic carbocycles. The zero-order chi connectivity index (χ0) is 12.2. The highest BCUT2D eigenvalue weighted by Gasteiger charge is 2.30. The van der Waals surface area contributed by atoms with Gasteiger partial charge in [-0.1, -0.05) is 0 Å². The van der Waals surface area contributed by atoms with E-state index in [9.17, 15) is 19.8 Å². The molecule has 0 radical (unpaired) electrons. The fourth-order valence-electron chi connectivity index (χ4n) is 1.49. The Balaban J connectivity index is 4.60. The summed E-state index contributed by atoms with van der Waals surface area (Å²) < 4.78 is 0. The Morgan fingerprint density at radius 1 is 1.27 bits per heavy atom. The number of carbonyl (C=O) groups is 2. The topological polar surface area (TPSA) is 77.8 Å². The second-order valence-electron chi connectivity index (χ2n) is 3.59. The van der Waals surface area contributed by atoms with Gasteiger partial charge >= 0.3 is 0 Å². The van der Waals surface area contributed by atoms with Gasteiger partial charge in [0.2, 0.25) is 5.91 Å². The van der Waals surface area contributed by atoms with Gasteiger partial charge < -0.3 is 15.1 Å². The number of aliphatic hydroxyl groups is 2. The van der Waals surface area contributed by atoms with Crippen LogP contribution in [0.4, 0.5) is 0 Å². The Kier molecular flexibility index (Phi) is 5.46. The lowest BCUT2D eigenvalue weighted by molar-refractivity contribution is -0.141. The van der Waals surface area contributed by atoms with Crippen molar-refractivity contribution in [3.63, 3.8) is 0 Å². The number of carbonyl (C=O) groups excluding carboxylic acids is 2. The first kappa shape index (κ1) is 14.1. The number of hydrogen-bond donors (Lipinski definition) is 2. The minimum atomic E-state index is -1.44. The van der Waals surface area contributed by atoms with E-state index < -0.39 is 24.0 Å². The van der Waals surface area contributed by atoms with E-state index in [-0.39, 0.29) is 5.91 Å². The summed E-state index contributed by atoms with van der Waals surface area (Å²) in [7, 11) is 0. The van der Waals surface area contributed by atoms with Gasteiger partial charge in [-0.3, -0.25) is 9.59 Å². The SMILES string of the molecule is CCN(C(C)=O)[C@@H](C)C(O)C(O)C(C)=O. The molecule has 0 aromatic heterocycles. The van der Waals surface area contributed by atoms with Gasteiger partial charge in [0.05, 0.1) is 6.04 Å². The maximum absolute atomic E-state index is 11.2. The van der Waals surface area contributed by atoms with Crippen LogP contribution in [0.25, 0.3) is 0 Å². The molecule has 0 aliphatic rings. The molecule has 0 aliphatic heterocycles. The normalized spacial score (nSPS) is 16.7. The molecule has 0 aromatic rings. The molecule has 0 bridgehead atoms. The van der Waals surface area contributed by atoms with Crippen molar-refractivity contribution in [3.05, 3.63) is 0 Å². The average molecular weight is 217 g/mol. The van der Waals surface area contributed by atoms with Crippen molar-refractivity contribution in [2.45, 2.75) is 45.9 Å². The molecule has 5 heteroatoms. The second kappa shape index (κ2) is 5.82.